The zero-order valence-corrected chi connectivity index (χ0v) is 20.1. The van der Waals surface area contributed by atoms with Crippen LogP contribution in [0.3, 0.4) is 0 Å². The zero-order chi connectivity index (χ0) is 22.5. The fraction of sp³-hybridized carbons (Fsp3) is 0.957. The van der Waals surface area contributed by atoms with Gasteiger partial charge >= 0.3 is 0 Å². The van der Waals surface area contributed by atoms with Crippen molar-refractivity contribution in [1.29, 1.82) is 0 Å². The molecule has 3 fully saturated rings. The standard InChI is InChI=1S/C23H42N2O5S/c1-14(2)17(21-19(27)18(26)20(28)23(30-21)31-3)24-22(29)16-11-7-8-12-25(16)13-15-9-5-4-6-10-15/h14-21,23,26-28H,4-13H2,1-3H3,(H,24,29)/t16?,17?,18-,19+,20+,21+,23+/m1/s1. The lowest BCUT2D eigenvalue weighted by Crippen LogP contribution is -2.65. The smallest absolute Gasteiger partial charge is 0.237 e. The minimum atomic E-state index is -1.30. The summed E-state index contributed by atoms with van der Waals surface area (Å²) >= 11 is 1.29. The number of rotatable bonds is 7. The monoisotopic (exact) mass is 458 g/mol. The van der Waals surface area contributed by atoms with Gasteiger partial charge in [-0.15, -0.1) is 11.8 Å². The van der Waals surface area contributed by atoms with Crippen LogP contribution in [0, 0.1) is 11.8 Å². The van der Waals surface area contributed by atoms with Gasteiger partial charge in [0.2, 0.25) is 5.91 Å². The van der Waals surface area contributed by atoms with E-state index in [1.807, 2.05) is 13.8 Å². The molecular weight excluding hydrogens is 416 g/mol. The summed E-state index contributed by atoms with van der Waals surface area (Å²) in [7, 11) is 0. The van der Waals surface area contributed by atoms with E-state index in [9.17, 15) is 20.1 Å². The normalized spacial score (nSPS) is 37.0. The van der Waals surface area contributed by atoms with Crippen molar-refractivity contribution in [2.75, 3.05) is 19.3 Å². The molecule has 31 heavy (non-hydrogen) atoms. The zero-order valence-electron chi connectivity index (χ0n) is 19.3. The van der Waals surface area contributed by atoms with Gasteiger partial charge in [0.25, 0.3) is 0 Å². The van der Waals surface area contributed by atoms with E-state index in [-0.39, 0.29) is 17.9 Å². The van der Waals surface area contributed by atoms with Gasteiger partial charge in [-0.1, -0.05) is 39.5 Å². The molecule has 1 saturated carbocycles. The number of thioether (sulfide) groups is 1. The van der Waals surface area contributed by atoms with Crippen LogP contribution in [0.25, 0.3) is 0 Å². The van der Waals surface area contributed by atoms with Gasteiger partial charge in [-0.3, -0.25) is 9.69 Å². The molecule has 0 spiro atoms. The Hall–Kier alpha value is -0.380. The second-order valence-electron chi connectivity index (χ2n) is 9.97. The molecule has 3 rings (SSSR count). The molecule has 7 atom stereocenters. The van der Waals surface area contributed by atoms with E-state index in [1.54, 1.807) is 6.26 Å². The summed E-state index contributed by atoms with van der Waals surface area (Å²) in [5, 5.41) is 34.3. The predicted molar refractivity (Wildman–Crippen MR) is 123 cm³/mol. The Morgan fingerprint density at radius 1 is 1.03 bits per heavy atom. The number of aliphatic hydroxyl groups excluding tert-OH is 3. The fourth-order valence-corrected chi connectivity index (χ4v) is 6.14. The molecule has 1 aliphatic carbocycles. The van der Waals surface area contributed by atoms with Crippen molar-refractivity contribution in [3.8, 4) is 0 Å². The number of hydrogen-bond donors (Lipinski definition) is 4. The number of nitrogens with one attached hydrogen (secondary N) is 1. The molecule has 0 bridgehead atoms. The van der Waals surface area contributed by atoms with Crippen LogP contribution in [0.1, 0.15) is 65.2 Å². The van der Waals surface area contributed by atoms with Gasteiger partial charge in [0.1, 0.15) is 29.9 Å². The number of nitrogens with zero attached hydrogens (tertiary/aromatic N) is 1. The van der Waals surface area contributed by atoms with Crippen molar-refractivity contribution in [2.24, 2.45) is 11.8 Å². The number of likely N-dealkylation sites (tertiary alicyclic amines) is 1. The molecule has 0 radical (unpaired) electrons. The van der Waals surface area contributed by atoms with Crippen molar-refractivity contribution in [3.63, 3.8) is 0 Å². The number of piperidine rings is 1. The summed E-state index contributed by atoms with van der Waals surface area (Å²) in [6, 6.07) is -0.595. The highest BCUT2D eigenvalue weighted by molar-refractivity contribution is 7.99. The van der Waals surface area contributed by atoms with Crippen LogP contribution >= 0.6 is 11.8 Å². The van der Waals surface area contributed by atoms with Crippen LogP contribution in [-0.2, 0) is 9.53 Å². The van der Waals surface area contributed by atoms with Gasteiger partial charge in [-0.25, -0.2) is 0 Å². The second kappa shape index (κ2) is 11.7. The molecular formula is C23H42N2O5S. The lowest BCUT2D eigenvalue weighted by Gasteiger charge is -2.45. The Bertz CT molecular complexity index is 572. The lowest BCUT2D eigenvalue weighted by atomic mass is 9.87. The van der Waals surface area contributed by atoms with Crippen molar-refractivity contribution in [1.82, 2.24) is 10.2 Å². The Morgan fingerprint density at radius 3 is 2.35 bits per heavy atom. The first kappa shape index (κ1) is 25.2. The average Bonchev–Trinajstić information content (AvgIpc) is 2.77. The maximum atomic E-state index is 13.4. The topological polar surface area (TPSA) is 102 Å². The third-order valence-corrected chi connectivity index (χ3v) is 8.21. The van der Waals surface area contributed by atoms with Gasteiger partial charge in [0.05, 0.1) is 12.1 Å². The van der Waals surface area contributed by atoms with E-state index in [0.717, 1.165) is 32.4 Å². The molecule has 0 aromatic heterocycles. The SMILES string of the molecule is CS[C@@H]1O[C@@H](C(NC(=O)C2CCCCN2CC2CCCCC2)C(C)C)[C@@H](O)[C@@H](O)[C@@H]1O. The maximum Gasteiger partial charge on any atom is 0.237 e. The Balaban J connectivity index is 1.68. The average molecular weight is 459 g/mol. The number of hydrogen-bond acceptors (Lipinski definition) is 7. The highest BCUT2D eigenvalue weighted by Gasteiger charge is 2.47. The minimum Gasteiger partial charge on any atom is -0.388 e. The summed E-state index contributed by atoms with van der Waals surface area (Å²) < 4.78 is 5.97. The Labute approximate surface area is 191 Å². The second-order valence-corrected chi connectivity index (χ2v) is 10.9. The molecule has 2 saturated heterocycles. The molecule has 3 aliphatic rings. The highest BCUT2D eigenvalue weighted by Crippen LogP contribution is 2.31. The van der Waals surface area contributed by atoms with E-state index in [1.165, 1.54) is 43.9 Å². The van der Waals surface area contributed by atoms with Crippen LogP contribution in [-0.4, -0.2) is 87.4 Å². The number of ether oxygens (including phenoxy) is 1. The number of carbonyl (C=O) groups excluding carboxylic acids is 1. The molecule has 2 unspecified atom stereocenters. The number of aliphatic hydroxyl groups is 3. The van der Waals surface area contributed by atoms with Crippen molar-refractivity contribution in [3.05, 3.63) is 0 Å². The van der Waals surface area contributed by atoms with Gasteiger partial charge in [-0.05, 0) is 50.3 Å². The maximum absolute atomic E-state index is 13.4. The molecule has 1 amide bonds. The van der Waals surface area contributed by atoms with E-state index in [0.29, 0.717) is 5.92 Å². The lowest BCUT2D eigenvalue weighted by molar-refractivity contribution is -0.208. The van der Waals surface area contributed by atoms with E-state index in [4.69, 9.17) is 4.74 Å². The van der Waals surface area contributed by atoms with Crippen LogP contribution in [0.4, 0.5) is 0 Å². The van der Waals surface area contributed by atoms with Crippen LogP contribution in [0.5, 0.6) is 0 Å². The molecule has 0 aromatic carbocycles. The van der Waals surface area contributed by atoms with E-state index >= 15 is 0 Å². The first-order chi connectivity index (χ1) is 14.8. The predicted octanol–water partition coefficient (Wildman–Crippen LogP) is 1.73. The van der Waals surface area contributed by atoms with Crippen LogP contribution < -0.4 is 5.32 Å². The van der Waals surface area contributed by atoms with E-state index < -0.39 is 35.9 Å². The fourth-order valence-electron chi connectivity index (χ4n) is 5.46. The van der Waals surface area contributed by atoms with Crippen molar-refractivity contribution >= 4 is 17.7 Å². The molecule has 4 N–H and O–H groups in total. The highest BCUT2D eigenvalue weighted by atomic mass is 32.2. The molecule has 8 heteroatoms. The van der Waals surface area contributed by atoms with Gasteiger partial charge < -0.3 is 25.4 Å². The summed E-state index contributed by atoms with van der Waals surface area (Å²) in [6.45, 7) is 5.91. The summed E-state index contributed by atoms with van der Waals surface area (Å²) in [6.07, 6.45) is 6.80. The Kier molecular flexibility index (Phi) is 9.49. The molecule has 2 aliphatic heterocycles. The van der Waals surface area contributed by atoms with Crippen molar-refractivity contribution < 1.29 is 24.9 Å². The summed E-state index contributed by atoms with van der Waals surface area (Å²) in [5.74, 6) is 0.681. The Morgan fingerprint density at radius 2 is 1.71 bits per heavy atom. The summed E-state index contributed by atoms with van der Waals surface area (Å²) in [4.78, 5) is 15.8. The van der Waals surface area contributed by atoms with Crippen LogP contribution in [0.2, 0.25) is 0 Å². The van der Waals surface area contributed by atoms with Gasteiger partial charge in [-0.2, -0.15) is 0 Å². The van der Waals surface area contributed by atoms with Crippen molar-refractivity contribution in [2.45, 2.75) is 107 Å². The first-order valence-corrected chi connectivity index (χ1v) is 13.4. The van der Waals surface area contributed by atoms with E-state index in [2.05, 4.69) is 10.2 Å². The first-order valence-electron chi connectivity index (χ1n) is 12.1. The number of carbonyl (C=O) groups is 1. The molecule has 7 nitrogen and oxygen atoms in total. The largest absolute Gasteiger partial charge is 0.388 e. The van der Waals surface area contributed by atoms with Gasteiger partial charge in [0.15, 0.2) is 0 Å². The molecule has 0 aromatic rings. The third kappa shape index (κ3) is 6.15. The minimum absolute atomic E-state index is 0.00364. The summed E-state index contributed by atoms with van der Waals surface area (Å²) in [5.41, 5.74) is -0.640. The molecule has 180 valence electrons. The van der Waals surface area contributed by atoms with Crippen LogP contribution in [0.15, 0.2) is 0 Å². The quantitative estimate of drug-likeness (QED) is 0.461. The number of amides is 1. The van der Waals surface area contributed by atoms with Gasteiger partial charge in [0, 0.05) is 6.54 Å². The molecule has 2 heterocycles. The third-order valence-electron chi connectivity index (χ3n) is 7.35.